The minimum absolute atomic E-state index is 0.293. The van der Waals surface area contributed by atoms with Gasteiger partial charge >= 0.3 is 6.09 Å². The van der Waals surface area contributed by atoms with Gasteiger partial charge in [0.2, 0.25) is 11.8 Å². The number of hydrogen-bond donors (Lipinski definition) is 1. The maximum absolute atomic E-state index is 12.0. The second-order valence-electron chi connectivity index (χ2n) is 6.13. The first-order valence-corrected chi connectivity index (χ1v) is 7.35. The van der Waals surface area contributed by atoms with E-state index in [1.54, 1.807) is 20.8 Å². The van der Waals surface area contributed by atoms with Crippen LogP contribution in [0.15, 0.2) is 6.20 Å². The van der Waals surface area contributed by atoms with Crippen LogP contribution in [0.3, 0.4) is 0 Å². The molecule has 126 valence electrons. The van der Waals surface area contributed by atoms with Crippen molar-refractivity contribution < 1.29 is 23.8 Å². The quantitative estimate of drug-likeness (QED) is 0.825. The van der Waals surface area contributed by atoms with Gasteiger partial charge in [-0.15, -0.1) is 0 Å². The Morgan fingerprint density at radius 1 is 1.48 bits per heavy atom. The van der Waals surface area contributed by atoms with Crippen LogP contribution in [0.25, 0.3) is 0 Å². The van der Waals surface area contributed by atoms with Crippen molar-refractivity contribution in [3.05, 3.63) is 11.9 Å². The lowest BCUT2D eigenvalue weighted by Crippen LogP contribution is -2.39. The Kier molecular flexibility index (Phi) is 5.02. The lowest BCUT2D eigenvalue weighted by atomic mass is 10.1. The Morgan fingerprint density at radius 2 is 2.22 bits per heavy atom. The van der Waals surface area contributed by atoms with Crippen LogP contribution in [0.4, 0.5) is 4.79 Å². The molecule has 8 nitrogen and oxygen atoms in total. The Morgan fingerprint density at radius 3 is 2.83 bits per heavy atom. The Balaban J connectivity index is 2.19. The normalized spacial score (nSPS) is 19.5. The number of nitrogens with one attached hydrogen (secondary N) is 1. The van der Waals surface area contributed by atoms with Crippen molar-refractivity contribution in [2.45, 2.75) is 51.4 Å². The number of fused-ring (bicyclic) bond motifs is 1. The highest BCUT2D eigenvalue weighted by Crippen LogP contribution is 2.36. The molecule has 1 aromatic heterocycles. The summed E-state index contributed by atoms with van der Waals surface area (Å²) in [5.41, 5.74) is -0.122. The number of carbonyl (C=O) groups is 2. The largest absolute Gasteiger partial charge is 0.480 e. The summed E-state index contributed by atoms with van der Waals surface area (Å²) in [6, 6.07) is -0.529. The van der Waals surface area contributed by atoms with E-state index in [-0.39, 0.29) is 0 Å². The van der Waals surface area contributed by atoms with E-state index >= 15 is 0 Å². The molecule has 1 aromatic rings. The maximum Gasteiger partial charge on any atom is 0.408 e. The summed E-state index contributed by atoms with van der Waals surface area (Å²) in [5.74, 6) is 0.608. The number of amides is 1. The highest BCUT2D eigenvalue weighted by molar-refractivity contribution is 5.68. The third kappa shape index (κ3) is 4.30. The maximum atomic E-state index is 12.0. The van der Waals surface area contributed by atoms with Gasteiger partial charge in [-0.3, -0.25) is 0 Å². The molecule has 2 heterocycles. The fourth-order valence-electron chi connectivity index (χ4n) is 2.21. The van der Waals surface area contributed by atoms with Gasteiger partial charge in [0, 0.05) is 6.42 Å². The molecule has 0 aromatic carbocycles. The first-order chi connectivity index (χ1) is 10.8. The molecule has 0 radical (unpaired) electrons. The molecular weight excluding hydrogens is 302 g/mol. The van der Waals surface area contributed by atoms with Crippen LogP contribution in [0.1, 0.15) is 45.3 Å². The Labute approximate surface area is 134 Å². The van der Waals surface area contributed by atoms with Crippen LogP contribution in [-0.4, -0.2) is 41.2 Å². The number of aldehydes is 1. The molecule has 0 aliphatic carbocycles. The SMILES string of the molecule is COc1cnc2c(n1)O[C@@H](CCC=O)[C@H]2NC(=O)OC(C)(C)C. The number of ether oxygens (including phenoxy) is 3. The van der Waals surface area contributed by atoms with E-state index in [0.29, 0.717) is 30.3 Å². The van der Waals surface area contributed by atoms with Crippen molar-refractivity contribution in [2.24, 2.45) is 0 Å². The number of nitrogens with zero attached hydrogens (tertiary/aromatic N) is 2. The summed E-state index contributed by atoms with van der Waals surface area (Å²) in [6.07, 6.45) is 1.99. The van der Waals surface area contributed by atoms with Crippen molar-refractivity contribution in [2.75, 3.05) is 7.11 Å². The van der Waals surface area contributed by atoms with Crippen molar-refractivity contribution in [1.82, 2.24) is 15.3 Å². The van der Waals surface area contributed by atoms with Crippen molar-refractivity contribution >= 4 is 12.4 Å². The van der Waals surface area contributed by atoms with E-state index < -0.39 is 23.8 Å². The van der Waals surface area contributed by atoms with E-state index in [2.05, 4.69) is 15.3 Å². The van der Waals surface area contributed by atoms with Crippen LogP contribution in [0, 0.1) is 0 Å². The molecule has 1 aliphatic rings. The lowest BCUT2D eigenvalue weighted by Gasteiger charge is -2.23. The second kappa shape index (κ2) is 6.80. The summed E-state index contributed by atoms with van der Waals surface area (Å²) >= 11 is 0. The van der Waals surface area contributed by atoms with Crippen LogP contribution >= 0.6 is 0 Å². The van der Waals surface area contributed by atoms with Gasteiger partial charge in [-0.05, 0) is 27.2 Å². The molecule has 0 saturated heterocycles. The molecular formula is C15H21N3O5. The van der Waals surface area contributed by atoms with E-state index in [9.17, 15) is 9.59 Å². The Bertz CT molecular complexity index is 585. The van der Waals surface area contributed by atoms with Gasteiger partial charge in [-0.2, -0.15) is 4.98 Å². The van der Waals surface area contributed by atoms with Crippen LogP contribution in [0.5, 0.6) is 11.8 Å². The minimum atomic E-state index is -0.615. The third-order valence-electron chi connectivity index (χ3n) is 3.12. The molecule has 1 aliphatic heterocycles. The van der Waals surface area contributed by atoms with Gasteiger partial charge in [0.05, 0.1) is 13.3 Å². The zero-order valence-electron chi connectivity index (χ0n) is 13.7. The number of carbonyl (C=O) groups excluding carboxylic acids is 2. The predicted octanol–water partition coefficient (Wildman–Crippen LogP) is 1.79. The van der Waals surface area contributed by atoms with E-state index in [1.165, 1.54) is 13.3 Å². The van der Waals surface area contributed by atoms with E-state index in [0.717, 1.165) is 6.29 Å². The second-order valence-corrected chi connectivity index (χ2v) is 6.13. The van der Waals surface area contributed by atoms with E-state index in [4.69, 9.17) is 14.2 Å². The molecule has 2 atom stereocenters. The van der Waals surface area contributed by atoms with Gasteiger partial charge < -0.3 is 24.3 Å². The highest BCUT2D eigenvalue weighted by Gasteiger charge is 2.39. The van der Waals surface area contributed by atoms with Crippen LogP contribution < -0.4 is 14.8 Å². The van der Waals surface area contributed by atoms with Crippen molar-refractivity contribution in [1.29, 1.82) is 0 Å². The topological polar surface area (TPSA) is 99.6 Å². The molecule has 1 amide bonds. The van der Waals surface area contributed by atoms with Crippen molar-refractivity contribution in [3.63, 3.8) is 0 Å². The molecule has 0 bridgehead atoms. The zero-order valence-corrected chi connectivity index (χ0v) is 13.7. The fraction of sp³-hybridized carbons (Fsp3) is 0.600. The smallest absolute Gasteiger partial charge is 0.408 e. The molecule has 8 heteroatoms. The lowest BCUT2D eigenvalue weighted by molar-refractivity contribution is -0.108. The van der Waals surface area contributed by atoms with Crippen LogP contribution in [0.2, 0.25) is 0 Å². The van der Waals surface area contributed by atoms with E-state index in [1.807, 2.05) is 0 Å². The molecule has 2 rings (SSSR count). The number of aromatic nitrogens is 2. The van der Waals surface area contributed by atoms with Crippen LogP contribution in [-0.2, 0) is 9.53 Å². The summed E-state index contributed by atoms with van der Waals surface area (Å²) in [4.78, 5) is 31.1. The number of alkyl carbamates (subject to hydrolysis) is 1. The standard InChI is InChI=1S/C15H21N3O5/c1-15(2,3)23-14(20)18-11-9(6-5-7-19)22-13-12(11)16-8-10(17-13)21-4/h7-9,11H,5-6H2,1-4H3,(H,18,20)/t9-,11+/m0/s1. The average molecular weight is 323 g/mol. The number of rotatable bonds is 5. The van der Waals surface area contributed by atoms with Gasteiger partial charge in [0.25, 0.3) is 0 Å². The summed E-state index contributed by atoms with van der Waals surface area (Å²) in [7, 11) is 1.48. The molecule has 0 unspecified atom stereocenters. The monoisotopic (exact) mass is 323 g/mol. The van der Waals surface area contributed by atoms with Crippen molar-refractivity contribution in [3.8, 4) is 11.8 Å². The number of methoxy groups -OCH3 is 1. The first kappa shape index (κ1) is 17.0. The summed E-state index contributed by atoms with van der Waals surface area (Å²) < 4.78 is 16.0. The highest BCUT2D eigenvalue weighted by atomic mass is 16.6. The van der Waals surface area contributed by atoms with Gasteiger partial charge in [0.15, 0.2) is 0 Å². The van der Waals surface area contributed by atoms with Gasteiger partial charge in [-0.25, -0.2) is 9.78 Å². The molecule has 0 saturated carbocycles. The molecule has 23 heavy (non-hydrogen) atoms. The predicted molar refractivity (Wildman–Crippen MR) is 80.4 cm³/mol. The number of hydrogen-bond acceptors (Lipinski definition) is 7. The molecule has 0 fully saturated rings. The molecule has 0 spiro atoms. The fourth-order valence-corrected chi connectivity index (χ4v) is 2.21. The Hall–Kier alpha value is -2.38. The zero-order chi connectivity index (χ0) is 17.0. The van der Waals surface area contributed by atoms with Gasteiger partial charge in [0.1, 0.15) is 29.7 Å². The summed E-state index contributed by atoms with van der Waals surface area (Å²) in [6.45, 7) is 5.33. The third-order valence-corrected chi connectivity index (χ3v) is 3.12. The first-order valence-electron chi connectivity index (χ1n) is 7.35. The average Bonchev–Trinajstić information content (AvgIpc) is 2.80. The molecule has 1 N–H and O–H groups in total. The summed E-state index contributed by atoms with van der Waals surface area (Å²) in [5, 5.41) is 2.74. The van der Waals surface area contributed by atoms with Gasteiger partial charge in [-0.1, -0.05) is 0 Å². The minimum Gasteiger partial charge on any atom is -0.480 e.